The Labute approximate surface area is 209 Å². The van der Waals surface area contributed by atoms with Gasteiger partial charge in [-0.3, -0.25) is 0 Å². The van der Waals surface area contributed by atoms with E-state index in [1.807, 2.05) is 0 Å². The van der Waals surface area contributed by atoms with Crippen molar-refractivity contribution in [3.05, 3.63) is 139 Å². The van der Waals surface area contributed by atoms with Crippen LogP contribution in [-0.4, -0.2) is 4.57 Å². The second-order valence-corrected chi connectivity index (χ2v) is 9.73. The monoisotopic (exact) mass is 457 g/mol. The third-order valence-electron chi connectivity index (χ3n) is 7.79. The van der Waals surface area contributed by atoms with Crippen molar-refractivity contribution < 1.29 is 0 Å². The predicted molar refractivity (Wildman–Crippen MR) is 152 cm³/mol. The minimum atomic E-state index is 0.960. The molecule has 0 aliphatic heterocycles. The van der Waals surface area contributed by atoms with Gasteiger partial charge in [0, 0.05) is 22.9 Å². The maximum atomic E-state index is 2.51. The second kappa shape index (κ2) is 7.44. The van der Waals surface area contributed by atoms with E-state index < -0.39 is 0 Å². The van der Waals surface area contributed by atoms with E-state index in [4.69, 9.17) is 0 Å². The molecule has 1 aromatic heterocycles. The van der Waals surface area contributed by atoms with Gasteiger partial charge in [-0.1, -0.05) is 109 Å². The fourth-order valence-electron chi connectivity index (χ4n) is 6.31. The highest BCUT2D eigenvalue weighted by Gasteiger charge is 2.27. The maximum absolute atomic E-state index is 2.51. The molecule has 1 aliphatic carbocycles. The van der Waals surface area contributed by atoms with E-state index >= 15 is 0 Å². The Morgan fingerprint density at radius 1 is 0.528 bits per heavy atom. The van der Waals surface area contributed by atoms with Crippen LogP contribution in [0.15, 0.2) is 127 Å². The molecule has 1 nitrogen and oxygen atoms in total. The molecule has 0 saturated carbocycles. The SMILES string of the molecule is c1ccc(-c2cccc(-n3c4ccccc4c4c5ccccc5c5c(c43)Cc3ccccc3-5)c2)cc1. The number of para-hydroxylation sites is 1. The van der Waals surface area contributed by atoms with Crippen LogP contribution in [0.25, 0.3) is 60.5 Å². The van der Waals surface area contributed by atoms with Gasteiger partial charge in [0.2, 0.25) is 0 Å². The standard InChI is InChI=1S/C35H23N/c1-2-11-23(12-3-1)24-14-10-15-26(21-24)36-32-20-9-8-19-30(32)34-29-18-7-6-17-28(29)33-27-16-5-4-13-25(27)22-31(33)35(34)36/h1-21H,22H2. The fourth-order valence-corrected chi connectivity index (χ4v) is 6.31. The van der Waals surface area contributed by atoms with Crippen molar-refractivity contribution >= 4 is 32.6 Å². The van der Waals surface area contributed by atoms with Gasteiger partial charge in [-0.05, 0) is 62.4 Å². The molecule has 8 rings (SSSR count). The Balaban J connectivity index is 1.55. The van der Waals surface area contributed by atoms with E-state index in [2.05, 4.69) is 132 Å². The molecule has 0 unspecified atom stereocenters. The molecular formula is C35H23N. The number of hydrogen-bond acceptors (Lipinski definition) is 0. The van der Waals surface area contributed by atoms with Gasteiger partial charge in [0.05, 0.1) is 11.0 Å². The zero-order chi connectivity index (χ0) is 23.6. The normalized spacial score (nSPS) is 12.3. The highest BCUT2D eigenvalue weighted by Crippen LogP contribution is 2.49. The Bertz CT molecular complexity index is 1960. The maximum Gasteiger partial charge on any atom is 0.0589 e. The van der Waals surface area contributed by atoms with E-state index in [9.17, 15) is 0 Å². The minimum absolute atomic E-state index is 0.960. The highest BCUT2D eigenvalue weighted by atomic mass is 15.0. The Kier molecular flexibility index (Phi) is 4.06. The average Bonchev–Trinajstić information content (AvgIpc) is 3.51. The van der Waals surface area contributed by atoms with Gasteiger partial charge in [0.25, 0.3) is 0 Å². The van der Waals surface area contributed by atoms with Crippen molar-refractivity contribution in [2.24, 2.45) is 0 Å². The van der Waals surface area contributed by atoms with E-state index in [1.165, 1.54) is 71.6 Å². The lowest BCUT2D eigenvalue weighted by molar-refractivity contribution is 1.15. The third-order valence-corrected chi connectivity index (χ3v) is 7.79. The molecule has 0 bridgehead atoms. The molecule has 0 atom stereocenters. The highest BCUT2D eigenvalue weighted by molar-refractivity contribution is 6.26. The molecule has 0 fully saturated rings. The zero-order valence-electron chi connectivity index (χ0n) is 19.8. The third kappa shape index (κ3) is 2.66. The van der Waals surface area contributed by atoms with E-state index in [0.717, 1.165) is 6.42 Å². The smallest absolute Gasteiger partial charge is 0.0589 e. The van der Waals surface area contributed by atoms with Crippen molar-refractivity contribution in [2.45, 2.75) is 6.42 Å². The van der Waals surface area contributed by atoms with Crippen LogP contribution >= 0.6 is 0 Å². The fraction of sp³-hybridized carbons (Fsp3) is 0.0286. The van der Waals surface area contributed by atoms with Crippen LogP contribution in [-0.2, 0) is 6.42 Å². The molecule has 6 aromatic carbocycles. The van der Waals surface area contributed by atoms with E-state index in [0.29, 0.717) is 0 Å². The lowest BCUT2D eigenvalue weighted by Gasteiger charge is -2.14. The number of fused-ring (bicyclic) bond motifs is 10. The Hall–Kier alpha value is -4.62. The summed E-state index contributed by atoms with van der Waals surface area (Å²) < 4.78 is 2.51. The molecule has 0 amide bonds. The second-order valence-electron chi connectivity index (χ2n) is 9.73. The van der Waals surface area contributed by atoms with Crippen molar-refractivity contribution in [3.63, 3.8) is 0 Å². The largest absolute Gasteiger partial charge is 0.309 e. The summed E-state index contributed by atoms with van der Waals surface area (Å²) in [4.78, 5) is 0. The number of benzene rings is 6. The Morgan fingerprint density at radius 3 is 2.11 bits per heavy atom. The summed E-state index contributed by atoms with van der Waals surface area (Å²) in [7, 11) is 0. The van der Waals surface area contributed by atoms with Crippen LogP contribution in [0.3, 0.4) is 0 Å². The first-order valence-electron chi connectivity index (χ1n) is 12.6. The summed E-state index contributed by atoms with van der Waals surface area (Å²) in [5.74, 6) is 0. The summed E-state index contributed by atoms with van der Waals surface area (Å²) in [5, 5.41) is 5.36. The first kappa shape index (κ1) is 19.7. The molecule has 1 aliphatic rings. The van der Waals surface area contributed by atoms with Crippen LogP contribution in [0, 0.1) is 0 Å². The molecule has 0 spiro atoms. The predicted octanol–water partition coefficient (Wildman–Crippen LogP) is 9.18. The van der Waals surface area contributed by atoms with Gasteiger partial charge in [0.15, 0.2) is 0 Å². The lowest BCUT2D eigenvalue weighted by Crippen LogP contribution is -1.98. The summed E-state index contributed by atoms with van der Waals surface area (Å²) in [5.41, 5.74) is 11.9. The number of aromatic nitrogens is 1. The van der Waals surface area contributed by atoms with Crippen molar-refractivity contribution in [2.75, 3.05) is 0 Å². The van der Waals surface area contributed by atoms with Crippen LogP contribution in [0.5, 0.6) is 0 Å². The molecule has 0 saturated heterocycles. The van der Waals surface area contributed by atoms with Crippen molar-refractivity contribution in [1.82, 2.24) is 4.57 Å². The molecule has 36 heavy (non-hydrogen) atoms. The quantitative estimate of drug-likeness (QED) is 0.244. The van der Waals surface area contributed by atoms with Crippen LogP contribution < -0.4 is 0 Å². The van der Waals surface area contributed by atoms with Gasteiger partial charge in [0.1, 0.15) is 0 Å². The number of nitrogens with zero attached hydrogens (tertiary/aromatic N) is 1. The van der Waals surface area contributed by atoms with Crippen LogP contribution in [0.4, 0.5) is 0 Å². The van der Waals surface area contributed by atoms with Gasteiger partial charge in [-0.15, -0.1) is 0 Å². The minimum Gasteiger partial charge on any atom is -0.309 e. The average molecular weight is 458 g/mol. The zero-order valence-corrected chi connectivity index (χ0v) is 19.8. The molecule has 0 radical (unpaired) electrons. The van der Waals surface area contributed by atoms with Gasteiger partial charge in [-0.2, -0.15) is 0 Å². The molecular weight excluding hydrogens is 434 g/mol. The van der Waals surface area contributed by atoms with E-state index in [-0.39, 0.29) is 0 Å². The first-order valence-corrected chi connectivity index (χ1v) is 12.6. The topological polar surface area (TPSA) is 4.93 Å². The molecule has 0 N–H and O–H groups in total. The van der Waals surface area contributed by atoms with Gasteiger partial charge >= 0.3 is 0 Å². The van der Waals surface area contributed by atoms with Gasteiger partial charge in [-0.25, -0.2) is 0 Å². The molecule has 1 heterocycles. The van der Waals surface area contributed by atoms with E-state index in [1.54, 1.807) is 0 Å². The summed E-state index contributed by atoms with van der Waals surface area (Å²) in [6.07, 6.45) is 0.960. The van der Waals surface area contributed by atoms with Gasteiger partial charge < -0.3 is 4.57 Å². The molecule has 168 valence electrons. The first-order chi connectivity index (χ1) is 17.9. The van der Waals surface area contributed by atoms with Crippen LogP contribution in [0.1, 0.15) is 11.1 Å². The van der Waals surface area contributed by atoms with Crippen molar-refractivity contribution in [3.8, 4) is 27.9 Å². The van der Waals surface area contributed by atoms with Crippen molar-refractivity contribution in [1.29, 1.82) is 0 Å². The summed E-state index contributed by atoms with van der Waals surface area (Å²) in [6, 6.07) is 46.4. The summed E-state index contributed by atoms with van der Waals surface area (Å²) in [6.45, 7) is 0. The summed E-state index contributed by atoms with van der Waals surface area (Å²) >= 11 is 0. The molecule has 1 heteroatoms. The Morgan fingerprint density at radius 2 is 1.22 bits per heavy atom. The lowest BCUT2D eigenvalue weighted by atomic mass is 9.94. The van der Waals surface area contributed by atoms with Crippen LogP contribution in [0.2, 0.25) is 0 Å². The number of rotatable bonds is 2. The molecule has 7 aromatic rings. The number of hydrogen-bond donors (Lipinski definition) is 0.